The van der Waals surface area contributed by atoms with Crippen molar-refractivity contribution >= 4 is 29.1 Å². The summed E-state index contributed by atoms with van der Waals surface area (Å²) >= 11 is 4.88. The van der Waals surface area contributed by atoms with Gasteiger partial charge in [-0.15, -0.1) is 0 Å². The topological polar surface area (TPSA) is 70.2 Å². The van der Waals surface area contributed by atoms with Crippen LogP contribution in [0.3, 0.4) is 0 Å². The maximum atomic E-state index is 11.6. The first-order valence-corrected chi connectivity index (χ1v) is 6.95. The Morgan fingerprint density at radius 3 is 2.40 bits per heavy atom. The Morgan fingerprint density at radius 2 is 1.75 bits per heavy atom. The molecule has 0 aliphatic rings. The molecule has 0 aliphatic carbocycles. The molecule has 0 unspecified atom stereocenters. The van der Waals surface area contributed by atoms with Crippen molar-refractivity contribution in [2.75, 3.05) is 0 Å². The van der Waals surface area contributed by atoms with Crippen molar-refractivity contribution in [3.63, 3.8) is 0 Å². The first-order chi connectivity index (χ1) is 9.61. The minimum absolute atomic E-state index is 0.108. The molecule has 1 aromatic carbocycles. The van der Waals surface area contributed by atoms with E-state index in [1.807, 2.05) is 37.3 Å². The number of nitrogens with one attached hydrogen (secondary N) is 3. The van der Waals surface area contributed by atoms with Crippen molar-refractivity contribution in [2.24, 2.45) is 0 Å². The Bertz CT molecular complexity index is 463. The summed E-state index contributed by atoms with van der Waals surface area (Å²) in [5, 5.41) is 2.58. The van der Waals surface area contributed by atoms with Gasteiger partial charge in [0.05, 0.1) is 0 Å². The van der Waals surface area contributed by atoms with Gasteiger partial charge in [-0.1, -0.05) is 37.3 Å². The van der Waals surface area contributed by atoms with Crippen LogP contribution in [0.4, 0.5) is 0 Å². The third-order valence-electron chi connectivity index (χ3n) is 2.53. The lowest BCUT2D eigenvalue weighted by Gasteiger charge is -2.10. The van der Waals surface area contributed by atoms with Gasteiger partial charge in [-0.25, -0.2) is 0 Å². The number of thiocarbonyl (C=S) groups is 1. The van der Waals surface area contributed by atoms with Gasteiger partial charge < -0.3 is 5.32 Å². The third kappa shape index (κ3) is 6.84. The van der Waals surface area contributed by atoms with E-state index in [-0.39, 0.29) is 16.9 Å². The molecule has 0 aromatic heterocycles. The Balaban J connectivity index is 2.19. The Morgan fingerprint density at radius 1 is 1.05 bits per heavy atom. The van der Waals surface area contributed by atoms with Crippen molar-refractivity contribution in [1.29, 1.82) is 0 Å². The van der Waals surface area contributed by atoms with E-state index in [0.717, 1.165) is 12.0 Å². The minimum atomic E-state index is -0.180. The van der Waals surface area contributed by atoms with Crippen LogP contribution in [0.1, 0.15) is 31.7 Å². The highest BCUT2D eigenvalue weighted by atomic mass is 32.1. The first-order valence-electron chi connectivity index (χ1n) is 6.54. The number of rotatable bonds is 5. The van der Waals surface area contributed by atoms with E-state index in [0.29, 0.717) is 19.3 Å². The summed E-state index contributed by atoms with van der Waals surface area (Å²) in [6, 6.07) is 9.74. The molecule has 2 amide bonds. The number of hydrogen-bond donors (Lipinski definition) is 3. The summed E-state index contributed by atoms with van der Waals surface area (Å²) in [6.07, 6.45) is 2.16. The molecule has 0 heterocycles. The van der Waals surface area contributed by atoms with E-state index >= 15 is 0 Å². The Labute approximate surface area is 124 Å². The molecule has 0 spiro atoms. The number of carbonyl (C=O) groups excluding carboxylic acids is 2. The molecular formula is C14H19N3O2S. The van der Waals surface area contributed by atoms with E-state index in [2.05, 4.69) is 16.2 Å². The van der Waals surface area contributed by atoms with E-state index in [4.69, 9.17) is 12.2 Å². The molecule has 1 aromatic rings. The first kappa shape index (κ1) is 16.1. The summed E-state index contributed by atoms with van der Waals surface area (Å²) in [6.45, 7) is 1.90. The van der Waals surface area contributed by atoms with Crippen LogP contribution < -0.4 is 16.2 Å². The zero-order valence-corrected chi connectivity index (χ0v) is 12.3. The average molecular weight is 293 g/mol. The molecule has 20 heavy (non-hydrogen) atoms. The molecule has 0 bridgehead atoms. The number of benzene rings is 1. The predicted octanol–water partition coefficient (Wildman–Crippen LogP) is 1.44. The summed E-state index contributed by atoms with van der Waals surface area (Å²) in [7, 11) is 0. The second-order valence-corrected chi connectivity index (χ2v) is 4.69. The highest BCUT2D eigenvalue weighted by molar-refractivity contribution is 7.80. The van der Waals surface area contributed by atoms with Gasteiger partial charge in [-0.05, 0) is 30.6 Å². The fourth-order valence-corrected chi connectivity index (χ4v) is 1.70. The highest BCUT2D eigenvalue weighted by Gasteiger charge is 2.05. The van der Waals surface area contributed by atoms with Crippen LogP contribution in [0.25, 0.3) is 0 Å². The second kappa shape index (κ2) is 9.03. The van der Waals surface area contributed by atoms with Gasteiger partial charge in [0, 0.05) is 12.8 Å². The average Bonchev–Trinajstić information content (AvgIpc) is 2.44. The number of amides is 2. The summed E-state index contributed by atoms with van der Waals surface area (Å²) in [4.78, 5) is 22.8. The Kier molecular flexibility index (Phi) is 7.27. The van der Waals surface area contributed by atoms with Gasteiger partial charge in [0.25, 0.3) is 0 Å². The highest BCUT2D eigenvalue weighted by Crippen LogP contribution is 2.01. The molecule has 0 fully saturated rings. The van der Waals surface area contributed by atoms with Crippen molar-refractivity contribution in [3.8, 4) is 0 Å². The van der Waals surface area contributed by atoms with E-state index in [9.17, 15) is 9.59 Å². The molecule has 6 heteroatoms. The predicted molar refractivity (Wildman–Crippen MR) is 81.7 cm³/mol. The minimum Gasteiger partial charge on any atom is -0.302 e. The second-order valence-electron chi connectivity index (χ2n) is 4.29. The molecule has 1 rings (SSSR count). The van der Waals surface area contributed by atoms with Crippen molar-refractivity contribution in [2.45, 2.75) is 32.6 Å². The van der Waals surface area contributed by atoms with Crippen LogP contribution in [0.5, 0.6) is 0 Å². The molecule has 0 atom stereocenters. The van der Waals surface area contributed by atoms with Crippen LogP contribution in [0, 0.1) is 0 Å². The van der Waals surface area contributed by atoms with Crippen LogP contribution >= 0.6 is 12.2 Å². The molecule has 0 aliphatic heterocycles. The van der Waals surface area contributed by atoms with Crippen LogP contribution in [0.2, 0.25) is 0 Å². The summed E-state index contributed by atoms with van der Waals surface area (Å²) in [5.74, 6) is -0.343. The lowest BCUT2D eigenvalue weighted by molar-refractivity contribution is -0.122. The smallest absolute Gasteiger partial charge is 0.238 e. The standard InChI is InChI=1S/C14H19N3O2S/c1-2-6-12(18)15-14(20)17-16-13(19)10-9-11-7-4-3-5-8-11/h3-5,7-8H,2,6,9-10H2,1H3,(H,16,19)(H2,15,17,18,20). The number of aryl methyl sites for hydroxylation is 1. The van der Waals surface area contributed by atoms with Gasteiger partial charge in [-0.3, -0.25) is 20.4 Å². The SMILES string of the molecule is CCCC(=O)NC(=S)NNC(=O)CCc1ccccc1. The monoisotopic (exact) mass is 293 g/mol. The van der Waals surface area contributed by atoms with Crippen molar-refractivity contribution in [3.05, 3.63) is 35.9 Å². The van der Waals surface area contributed by atoms with Gasteiger partial charge in [0.1, 0.15) is 0 Å². The number of carbonyl (C=O) groups is 2. The lowest BCUT2D eigenvalue weighted by Crippen LogP contribution is -2.48. The van der Waals surface area contributed by atoms with Gasteiger partial charge in [0.2, 0.25) is 11.8 Å². The zero-order valence-electron chi connectivity index (χ0n) is 11.4. The van der Waals surface area contributed by atoms with Crippen molar-refractivity contribution in [1.82, 2.24) is 16.2 Å². The van der Waals surface area contributed by atoms with Crippen LogP contribution in [-0.2, 0) is 16.0 Å². The third-order valence-corrected chi connectivity index (χ3v) is 2.73. The quantitative estimate of drug-likeness (QED) is 0.567. The van der Waals surface area contributed by atoms with Gasteiger partial charge in [-0.2, -0.15) is 0 Å². The fourth-order valence-electron chi connectivity index (χ4n) is 1.54. The molecular weight excluding hydrogens is 274 g/mol. The zero-order chi connectivity index (χ0) is 14.8. The molecule has 5 nitrogen and oxygen atoms in total. The van der Waals surface area contributed by atoms with Gasteiger partial charge in [0.15, 0.2) is 5.11 Å². The fraction of sp³-hybridized carbons (Fsp3) is 0.357. The van der Waals surface area contributed by atoms with Crippen LogP contribution in [0.15, 0.2) is 30.3 Å². The normalized spacial score (nSPS) is 9.65. The molecule has 0 saturated carbocycles. The van der Waals surface area contributed by atoms with E-state index in [1.165, 1.54) is 0 Å². The lowest BCUT2D eigenvalue weighted by atomic mass is 10.1. The Hall–Kier alpha value is -1.95. The molecule has 0 radical (unpaired) electrons. The van der Waals surface area contributed by atoms with Gasteiger partial charge >= 0.3 is 0 Å². The molecule has 0 saturated heterocycles. The largest absolute Gasteiger partial charge is 0.302 e. The maximum Gasteiger partial charge on any atom is 0.238 e. The summed E-state index contributed by atoms with van der Waals surface area (Å²) < 4.78 is 0. The number of hydrazine groups is 1. The number of hydrogen-bond acceptors (Lipinski definition) is 3. The van der Waals surface area contributed by atoms with Crippen LogP contribution in [-0.4, -0.2) is 16.9 Å². The van der Waals surface area contributed by atoms with E-state index in [1.54, 1.807) is 0 Å². The van der Waals surface area contributed by atoms with Crippen molar-refractivity contribution < 1.29 is 9.59 Å². The summed E-state index contributed by atoms with van der Waals surface area (Å²) in [5.41, 5.74) is 6.06. The molecule has 108 valence electrons. The van der Waals surface area contributed by atoms with E-state index < -0.39 is 0 Å². The molecule has 3 N–H and O–H groups in total. The maximum absolute atomic E-state index is 11.6.